The Morgan fingerprint density at radius 1 is 1.08 bits per heavy atom. The number of allylic oxidation sites excluding steroid dienone is 1. The van der Waals surface area contributed by atoms with Crippen LogP contribution in [0, 0.1) is 12.8 Å². The molecule has 3 rings (SSSR count). The van der Waals surface area contributed by atoms with E-state index in [1.165, 1.54) is 25.2 Å². The van der Waals surface area contributed by atoms with Gasteiger partial charge in [0, 0.05) is 17.4 Å². The maximum atomic E-state index is 11.4. The Hall–Kier alpha value is -2.79. The van der Waals surface area contributed by atoms with E-state index in [9.17, 15) is 9.59 Å². The van der Waals surface area contributed by atoms with Crippen LogP contribution in [0.1, 0.15) is 84.1 Å². The number of hydrogen-bond acceptors (Lipinski definition) is 4. The maximum absolute atomic E-state index is 11.4. The lowest BCUT2D eigenvalue weighted by Crippen LogP contribution is -2.27. The molecule has 0 heterocycles. The number of halogens is 1. The van der Waals surface area contributed by atoms with E-state index in [1.54, 1.807) is 18.2 Å². The van der Waals surface area contributed by atoms with Gasteiger partial charge < -0.3 is 15.2 Å². The van der Waals surface area contributed by atoms with Gasteiger partial charge in [0.1, 0.15) is 6.10 Å². The van der Waals surface area contributed by atoms with Crippen molar-refractivity contribution in [1.82, 2.24) is 0 Å². The number of hydrogen-bond donors (Lipinski definition) is 1. The third-order valence-corrected chi connectivity index (χ3v) is 4.83. The summed E-state index contributed by atoms with van der Waals surface area (Å²) in [5.41, 5.74) is 8.42. The van der Waals surface area contributed by atoms with E-state index in [1.807, 2.05) is 39.0 Å². The molecule has 1 fully saturated rings. The van der Waals surface area contributed by atoms with Gasteiger partial charge in [-0.05, 0) is 55.9 Å². The Labute approximate surface area is 224 Å². The minimum absolute atomic E-state index is 0.186. The van der Waals surface area contributed by atoms with Gasteiger partial charge >= 0.3 is 12.1 Å². The largest absolute Gasteiger partial charge is 0.469 e. The van der Waals surface area contributed by atoms with E-state index in [-0.39, 0.29) is 17.5 Å². The van der Waals surface area contributed by atoms with E-state index >= 15 is 0 Å². The molecule has 2 aromatic rings. The van der Waals surface area contributed by atoms with Gasteiger partial charge in [0.15, 0.2) is 0 Å². The van der Waals surface area contributed by atoms with E-state index in [4.69, 9.17) is 22.1 Å². The van der Waals surface area contributed by atoms with Crippen molar-refractivity contribution in [1.29, 1.82) is 0 Å². The van der Waals surface area contributed by atoms with Gasteiger partial charge in [-0.15, -0.1) is 6.58 Å². The lowest BCUT2D eigenvalue weighted by Gasteiger charge is -2.27. The fourth-order valence-corrected chi connectivity index (χ4v) is 3.17. The summed E-state index contributed by atoms with van der Waals surface area (Å²) in [6, 6.07) is 15.7. The van der Waals surface area contributed by atoms with Crippen molar-refractivity contribution in [3.8, 4) is 0 Å². The van der Waals surface area contributed by atoms with Crippen molar-refractivity contribution < 1.29 is 19.1 Å². The van der Waals surface area contributed by atoms with Crippen molar-refractivity contribution in [2.24, 2.45) is 11.7 Å². The molecule has 0 radical (unpaired) electrons. The standard InChI is InChI=1S/C18H18ClNO2.C4H10.C3H6O2.C3H6.C2H6/c1-12-3-2-4-14(11-12)18(9-10-18)16(22-17(20)21)13-5-7-15(19)8-6-13;1-4(2)3;1-3(4)5-2;1-3-2;1-2/h2-8,11,16H,9-10H2,1H3,(H2,20,21);4H,1-3H3;1-2H3;3H,1H2,2H3;1-2H3. The monoisotopic (exact) mass is 519 g/mol. The zero-order valence-electron chi connectivity index (χ0n) is 23.6. The molecule has 0 bridgehead atoms. The Bertz CT molecular complexity index is 887. The number of methoxy groups -OCH3 is 1. The summed E-state index contributed by atoms with van der Waals surface area (Å²) in [5, 5.41) is 0.655. The van der Waals surface area contributed by atoms with Crippen molar-refractivity contribution >= 4 is 23.7 Å². The smallest absolute Gasteiger partial charge is 0.405 e. The first-order valence-electron chi connectivity index (χ1n) is 12.3. The number of rotatable bonds is 4. The highest BCUT2D eigenvalue weighted by Gasteiger charge is 2.53. The average molecular weight is 520 g/mol. The van der Waals surface area contributed by atoms with Crippen LogP contribution in [-0.2, 0) is 19.7 Å². The number of aryl methyl sites for hydroxylation is 1. The van der Waals surface area contributed by atoms with Crippen LogP contribution in [0.4, 0.5) is 4.79 Å². The molecule has 1 aliphatic carbocycles. The summed E-state index contributed by atoms with van der Waals surface area (Å²) in [6.07, 6.45) is 2.55. The minimum Gasteiger partial charge on any atom is -0.469 e. The van der Waals surface area contributed by atoms with Crippen LogP contribution in [0.3, 0.4) is 0 Å². The van der Waals surface area contributed by atoms with Crippen LogP contribution >= 0.6 is 11.6 Å². The summed E-state index contributed by atoms with van der Waals surface area (Å²) in [7, 11) is 1.35. The van der Waals surface area contributed by atoms with Gasteiger partial charge in [0.2, 0.25) is 0 Å². The van der Waals surface area contributed by atoms with Crippen molar-refractivity contribution in [3.05, 3.63) is 82.9 Å². The normalized spacial score (nSPS) is 12.8. The third-order valence-electron chi connectivity index (χ3n) is 4.58. The molecule has 2 aromatic carbocycles. The van der Waals surface area contributed by atoms with E-state index in [2.05, 4.69) is 57.2 Å². The summed E-state index contributed by atoms with van der Waals surface area (Å²) in [6.45, 7) is 19.2. The minimum atomic E-state index is -0.751. The highest BCUT2D eigenvalue weighted by molar-refractivity contribution is 6.30. The molecule has 202 valence electrons. The summed E-state index contributed by atoms with van der Waals surface area (Å²) >= 11 is 5.96. The van der Waals surface area contributed by atoms with Crippen LogP contribution in [-0.4, -0.2) is 19.2 Å². The predicted molar refractivity (Wildman–Crippen MR) is 152 cm³/mol. The second-order valence-electron chi connectivity index (χ2n) is 8.73. The molecule has 1 amide bonds. The number of esters is 1. The van der Waals surface area contributed by atoms with Crippen molar-refractivity contribution in [3.63, 3.8) is 0 Å². The van der Waals surface area contributed by atoms with E-state index in [0.717, 1.165) is 24.3 Å². The number of benzene rings is 2. The SMILES string of the molecule is C=CC.CC.CC(C)C.COC(C)=O.Cc1cccc(C2(C(OC(N)=O)c3ccc(Cl)cc3)CC2)c1. The molecule has 0 aromatic heterocycles. The fourth-order valence-electron chi connectivity index (χ4n) is 3.05. The molecule has 0 spiro atoms. The highest BCUT2D eigenvalue weighted by Crippen LogP contribution is 2.58. The fraction of sp³-hybridized carbons (Fsp3) is 0.467. The van der Waals surface area contributed by atoms with Gasteiger partial charge in [0.05, 0.1) is 7.11 Å². The Kier molecular flexibility index (Phi) is 19.1. The van der Waals surface area contributed by atoms with E-state index < -0.39 is 6.09 Å². The average Bonchev–Trinajstić information content (AvgIpc) is 3.62. The number of carbonyl (C=O) groups excluding carboxylic acids is 2. The highest BCUT2D eigenvalue weighted by atomic mass is 35.5. The van der Waals surface area contributed by atoms with Gasteiger partial charge in [-0.25, -0.2) is 4.79 Å². The lowest BCUT2D eigenvalue weighted by molar-refractivity contribution is -0.137. The zero-order chi connectivity index (χ0) is 28.3. The van der Waals surface area contributed by atoms with Gasteiger partial charge in [-0.3, -0.25) is 4.79 Å². The summed E-state index contributed by atoms with van der Waals surface area (Å²) in [5.74, 6) is 0.588. The number of primary amides is 1. The maximum Gasteiger partial charge on any atom is 0.405 e. The molecular weight excluding hydrogens is 474 g/mol. The molecule has 0 aliphatic heterocycles. The van der Waals surface area contributed by atoms with Crippen LogP contribution < -0.4 is 5.73 Å². The Morgan fingerprint density at radius 2 is 1.53 bits per heavy atom. The first-order valence-corrected chi connectivity index (χ1v) is 12.7. The predicted octanol–water partition coefficient (Wildman–Crippen LogP) is 8.58. The second-order valence-corrected chi connectivity index (χ2v) is 9.17. The van der Waals surface area contributed by atoms with E-state index in [0.29, 0.717) is 5.02 Å². The molecule has 36 heavy (non-hydrogen) atoms. The number of amides is 1. The molecule has 6 heteroatoms. The third kappa shape index (κ3) is 14.6. The van der Waals surface area contributed by atoms with Gasteiger partial charge in [0.25, 0.3) is 0 Å². The Balaban J connectivity index is 0. The first-order chi connectivity index (χ1) is 16.9. The van der Waals surface area contributed by atoms with Crippen LogP contribution in [0.25, 0.3) is 0 Å². The van der Waals surface area contributed by atoms with Crippen molar-refractivity contribution in [2.45, 2.75) is 79.8 Å². The van der Waals surface area contributed by atoms with Gasteiger partial charge in [-0.2, -0.15) is 0 Å². The molecule has 5 nitrogen and oxygen atoms in total. The number of ether oxygens (including phenoxy) is 2. The number of nitrogens with two attached hydrogens (primary N) is 1. The molecule has 1 unspecified atom stereocenters. The van der Waals surface area contributed by atoms with Crippen LogP contribution in [0.5, 0.6) is 0 Å². The van der Waals surface area contributed by atoms with Crippen molar-refractivity contribution in [2.75, 3.05) is 7.11 Å². The molecular formula is C30H46ClNO4. The van der Waals surface area contributed by atoms with Gasteiger partial charge in [-0.1, -0.05) is 94.3 Å². The first kappa shape index (κ1) is 35.4. The molecule has 0 saturated heterocycles. The van der Waals surface area contributed by atoms with Crippen LogP contribution in [0.2, 0.25) is 5.02 Å². The second kappa shape index (κ2) is 19.4. The Morgan fingerprint density at radius 3 is 1.86 bits per heavy atom. The molecule has 1 atom stereocenters. The zero-order valence-corrected chi connectivity index (χ0v) is 24.3. The molecule has 1 saturated carbocycles. The quantitative estimate of drug-likeness (QED) is 0.324. The molecule has 2 N–H and O–H groups in total. The topological polar surface area (TPSA) is 78.6 Å². The molecule has 1 aliphatic rings. The number of carbonyl (C=O) groups is 2. The summed E-state index contributed by atoms with van der Waals surface area (Å²) < 4.78 is 9.60. The van der Waals surface area contributed by atoms with Crippen LogP contribution in [0.15, 0.2) is 61.2 Å². The summed E-state index contributed by atoms with van der Waals surface area (Å²) in [4.78, 5) is 21.0. The lowest BCUT2D eigenvalue weighted by atomic mass is 9.85.